The van der Waals surface area contributed by atoms with Gasteiger partial charge in [0.15, 0.2) is 0 Å². The number of halogens is 1. The average molecular weight is 438 g/mol. The predicted octanol–water partition coefficient (Wildman–Crippen LogP) is 6.26. The molecule has 0 aliphatic carbocycles. The lowest BCUT2D eigenvalue weighted by atomic mass is 10.1. The van der Waals surface area contributed by atoms with Crippen molar-refractivity contribution in [1.82, 2.24) is 9.99 Å². The highest BCUT2D eigenvalue weighted by Gasteiger charge is 2.09. The lowest BCUT2D eigenvalue weighted by Crippen LogP contribution is -2.17. The second-order valence-corrected chi connectivity index (χ2v) is 8.06. The number of para-hydroxylation sites is 1. The number of fused-ring (bicyclic) bond motifs is 2. The standard InChI is InChI=1S/C27H20ClN3O/c28-24-9-5-8-22(15-24)27(32)30-29-16-23-18-31(26-11-4-3-10-25(23)26)17-19-12-13-20-6-1-2-7-21(20)14-19/h1-16,18H,17H2,(H,30,32)/b29-16+. The molecule has 0 spiro atoms. The number of hydrazone groups is 1. The first kappa shape index (κ1) is 20.0. The van der Waals surface area contributed by atoms with Gasteiger partial charge in [-0.25, -0.2) is 5.43 Å². The number of hydrogen-bond donors (Lipinski definition) is 1. The maximum absolute atomic E-state index is 12.3. The van der Waals surface area contributed by atoms with Crippen LogP contribution in [0.2, 0.25) is 5.02 Å². The molecule has 0 unspecified atom stereocenters. The molecule has 0 aliphatic heterocycles. The lowest BCUT2D eigenvalue weighted by Gasteiger charge is -2.07. The van der Waals surface area contributed by atoms with E-state index in [2.05, 4.69) is 75.9 Å². The van der Waals surface area contributed by atoms with Gasteiger partial charge in [0, 0.05) is 39.8 Å². The number of aromatic nitrogens is 1. The van der Waals surface area contributed by atoms with E-state index >= 15 is 0 Å². The van der Waals surface area contributed by atoms with Crippen molar-refractivity contribution in [2.24, 2.45) is 5.10 Å². The molecule has 5 rings (SSSR count). The van der Waals surface area contributed by atoms with Crippen LogP contribution in [0, 0.1) is 0 Å². The van der Waals surface area contributed by atoms with E-state index in [1.54, 1.807) is 30.5 Å². The molecule has 0 aliphatic rings. The van der Waals surface area contributed by atoms with Crippen LogP contribution in [0.15, 0.2) is 102 Å². The van der Waals surface area contributed by atoms with Crippen LogP contribution in [0.4, 0.5) is 0 Å². The van der Waals surface area contributed by atoms with Crippen molar-refractivity contribution < 1.29 is 4.79 Å². The highest BCUT2D eigenvalue weighted by molar-refractivity contribution is 6.31. The Balaban J connectivity index is 1.40. The molecule has 4 nitrogen and oxygen atoms in total. The molecule has 156 valence electrons. The molecule has 4 aromatic carbocycles. The topological polar surface area (TPSA) is 46.4 Å². The molecule has 0 atom stereocenters. The van der Waals surface area contributed by atoms with Crippen molar-refractivity contribution in [1.29, 1.82) is 0 Å². The smallest absolute Gasteiger partial charge is 0.271 e. The van der Waals surface area contributed by atoms with Crippen molar-refractivity contribution in [3.63, 3.8) is 0 Å². The van der Waals surface area contributed by atoms with Crippen LogP contribution in [0.5, 0.6) is 0 Å². The van der Waals surface area contributed by atoms with Gasteiger partial charge in [-0.1, -0.05) is 72.3 Å². The van der Waals surface area contributed by atoms with Gasteiger partial charge < -0.3 is 4.57 Å². The van der Waals surface area contributed by atoms with Crippen LogP contribution in [0.1, 0.15) is 21.5 Å². The normalized spacial score (nSPS) is 11.4. The van der Waals surface area contributed by atoms with Gasteiger partial charge in [-0.15, -0.1) is 0 Å². The van der Waals surface area contributed by atoms with Gasteiger partial charge >= 0.3 is 0 Å². The number of rotatable bonds is 5. The zero-order chi connectivity index (χ0) is 21.9. The monoisotopic (exact) mass is 437 g/mol. The van der Waals surface area contributed by atoms with Gasteiger partial charge in [-0.2, -0.15) is 5.10 Å². The minimum atomic E-state index is -0.302. The molecule has 0 fully saturated rings. The number of amides is 1. The summed E-state index contributed by atoms with van der Waals surface area (Å²) in [5.41, 5.74) is 6.32. The van der Waals surface area contributed by atoms with Gasteiger partial charge in [0.1, 0.15) is 0 Å². The van der Waals surface area contributed by atoms with Crippen molar-refractivity contribution in [2.75, 3.05) is 0 Å². The summed E-state index contributed by atoms with van der Waals surface area (Å²) in [6, 6.07) is 29.9. The van der Waals surface area contributed by atoms with Crippen LogP contribution in [0.3, 0.4) is 0 Å². The number of carbonyl (C=O) groups is 1. The second-order valence-electron chi connectivity index (χ2n) is 7.62. The number of hydrogen-bond acceptors (Lipinski definition) is 2. The summed E-state index contributed by atoms with van der Waals surface area (Å²) in [6.07, 6.45) is 3.75. The van der Waals surface area contributed by atoms with E-state index in [0.29, 0.717) is 10.6 Å². The van der Waals surface area contributed by atoms with E-state index in [4.69, 9.17) is 11.6 Å². The molecule has 1 aromatic heterocycles. The predicted molar refractivity (Wildman–Crippen MR) is 132 cm³/mol. The maximum atomic E-state index is 12.3. The van der Waals surface area contributed by atoms with Crippen molar-refractivity contribution in [3.05, 3.63) is 119 Å². The van der Waals surface area contributed by atoms with Crippen LogP contribution < -0.4 is 5.43 Å². The molecule has 0 radical (unpaired) electrons. The van der Waals surface area contributed by atoms with Gasteiger partial charge in [0.05, 0.1) is 6.21 Å². The quantitative estimate of drug-likeness (QED) is 0.256. The van der Waals surface area contributed by atoms with E-state index in [0.717, 1.165) is 23.0 Å². The third-order valence-corrected chi connectivity index (χ3v) is 5.68. The first-order valence-corrected chi connectivity index (χ1v) is 10.7. The van der Waals surface area contributed by atoms with Crippen LogP contribution in [-0.4, -0.2) is 16.7 Å². The molecular weight excluding hydrogens is 418 g/mol. The third kappa shape index (κ3) is 4.13. The molecule has 1 amide bonds. The molecule has 0 saturated carbocycles. The van der Waals surface area contributed by atoms with Crippen molar-refractivity contribution >= 4 is 45.4 Å². The number of benzene rings is 4. The largest absolute Gasteiger partial charge is 0.342 e. The fourth-order valence-corrected chi connectivity index (χ4v) is 4.09. The van der Waals surface area contributed by atoms with E-state index in [9.17, 15) is 4.79 Å². The maximum Gasteiger partial charge on any atom is 0.271 e. The number of nitrogens with one attached hydrogen (secondary N) is 1. The Bertz CT molecular complexity index is 1470. The zero-order valence-corrected chi connectivity index (χ0v) is 18.0. The van der Waals surface area contributed by atoms with Crippen LogP contribution in [0.25, 0.3) is 21.7 Å². The van der Waals surface area contributed by atoms with E-state index in [1.807, 2.05) is 12.1 Å². The Morgan fingerprint density at radius 1 is 0.906 bits per heavy atom. The lowest BCUT2D eigenvalue weighted by molar-refractivity contribution is 0.0955. The summed E-state index contributed by atoms with van der Waals surface area (Å²) in [4.78, 5) is 12.3. The molecule has 32 heavy (non-hydrogen) atoms. The number of carbonyl (C=O) groups excluding carboxylic acids is 1. The van der Waals surface area contributed by atoms with E-state index in [1.165, 1.54) is 16.3 Å². The first-order chi connectivity index (χ1) is 15.7. The third-order valence-electron chi connectivity index (χ3n) is 5.44. The SMILES string of the molecule is O=C(N/N=C/c1cn(Cc2ccc3ccccc3c2)c2ccccc12)c1cccc(Cl)c1. The summed E-state index contributed by atoms with van der Waals surface area (Å²) >= 11 is 5.96. The molecule has 5 aromatic rings. The van der Waals surface area contributed by atoms with Gasteiger partial charge in [-0.05, 0) is 46.7 Å². The highest BCUT2D eigenvalue weighted by Crippen LogP contribution is 2.23. The minimum Gasteiger partial charge on any atom is -0.342 e. The molecule has 5 heteroatoms. The average Bonchev–Trinajstić information content (AvgIpc) is 3.16. The summed E-state index contributed by atoms with van der Waals surface area (Å²) in [5.74, 6) is -0.302. The number of nitrogens with zero attached hydrogens (tertiary/aromatic N) is 2. The second kappa shape index (κ2) is 8.69. The molecule has 0 bridgehead atoms. The Morgan fingerprint density at radius 3 is 2.59 bits per heavy atom. The summed E-state index contributed by atoms with van der Waals surface area (Å²) in [5, 5.41) is 8.23. The summed E-state index contributed by atoms with van der Waals surface area (Å²) in [7, 11) is 0. The van der Waals surface area contributed by atoms with Gasteiger partial charge in [0.25, 0.3) is 5.91 Å². The molecular formula is C27H20ClN3O. The van der Waals surface area contributed by atoms with Crippen molar-refractivity contribution in [3.8, 4) is 0 Å². The fourth-order valence-electron chi connectivity index (χ4n) is 3.90. The van der Waals surface area contributed by atoms with Crippen LogP contribution in [-0.2, 0) is 6.54 Å². The summed E-state index contributed by atoms with van der Waals surface area (Å²) < 4.78 is 2.21. The Labute approximate surface area is 190 Å². The van der Waals surface area contributed by atoms with E-state index < -0.39 is 0 Å². The molecule has 1 heterocycles. The Hall–Kier alpha value is -3.89. The zero-order valence-electron chi connectivity index (χ0n) is 17.2. The van der Waals surface area contributed by atoms with Crippen LogP contribution >= 0.6 is 11.6 Å². The Morgan fingerprint density at radius 2 is 1.72 bits per heavy atom. The fraction of sp³-hybridized carbons (Fsp3) is 0.0370. The first-order valence-electron chi connectivity index (χ1n) is 10.3. The van der Waals surface area contributed by atoms with Gasteiger partial charge in [-0.3, -0.25) is 4.79 Å². The van der Waals surface area contributed by atoms with E-state index in [-0.39, 0.29) is 5.91 Å². The highest BCUT2D eigenvalue weighted by atomic mass is 35.5. The molecule has 1 N–H and O–H groups in total. The summed E-state index contributed by atoms with van der Waals surface area (Å²) in [6.45, 7) is 0.744. The van der Waals surface area contributed by atoms with Gasteiger partial charge in [0.2, 0.25) is 0 Å². The minimum absolute atomic E-state index is 0.302. The Kier molecular flexibility index (Phi) is 5.44. The molecule has 0 saturated heterocycles. The van der Waals surface area contributed by atoms with Crippen molar-refractivity contribution in [2.45, 2.75) is 6.54 Å².